The molecule has 0 rings (SSSR count). The number of carbonyl (C=O) groups excluding carboxylic acids is 2. The lowest BCUT2D eigenvalue weighted by Crippen LogP contribution is -2.45. The lowest BCUT2D eigenvalue weighted by molar-refractivity contribution is -0.143. The van der Waals surface area contributed by atoms with Crippen molar-refractivity contribution in [1.29, 1.82) is 0 Å². The zero-order valence-corrected chi connectivity index (χ0v) is 49.2. The minimum Gasteiger partial charge on any atom is -0.466 e. The Morgan fingerprint density at radius 3 is 0.847 bits per heavy atom. The second kappa shape index (κ2) is 62.4. The second-order valence-electron chi connectivity index (χ2n) is 23.2. The molecule has 0 heterocycles. The summed E-state index contributed by atoms with van der Waals surface area (Å²) in [6.45, 7) is 5.00. The van der Waals surface area contributed by atoms with Gasteiger partial charge in [0.1, 0.15) is 0 Å². The lowest BCUT2D eigenvalue weighted by Gasteiger charge is -2.22. The molecule has 0 spiro atoms. The smallest absolute Gasteiger partial charge is 0.305 e. The minimum atomic E-state index is -0.663. The van der Waals surface area contributed by atoms with E-state index >= 15 is 0 Å². The van der Waals surface area contributed by atoms with Crippen LogP contribution >= 0.6 is 0 Å². The Labute approximate surface area is 451 Å². The standard InChI is InChI=1S/C66H131NO5/c1-3-5-7-9-11-13-15-17-19-27-30-34-38-42-46-50-54-58-64(69)63(62-68)67-65(70)59-55-51-47-43-39-35-31-28-25-23-21-22-24-26-29-33-37-41-45-49-53-57-61-72-66(71)60-56-52-48-44-40-36-32-20-18-16-14-12-10-8-6-4-2/h63-64,68-69H,3-62H2,1-2H3,(H,67,70). The first kappa shape index (κ1) is 70.9. The predicted molar refractivity (Wildman–Crippen MR) is 315 cm³/mol. The van der Waals surface area contributed by atoms with Crippen molar-refractivity contribution in [3.05, 3.63) is 0 Å². The van der Waals surface area contributed by atoms with Crippen molar-refractivity contribution < 1.29 is 24.5 Å². The van der Waals surface area contributed by atoms with Crippen LogP contribution in [-0.2, 0) is 14.3 Å². The van der Waals surface area contributed by atoms with Crippen LogP contribution in [0, 0.1) is 0 Å². The number of ether oxygens (including phenoxy) is 1. The molecule has 0 saturated heterocycles. The van der Waals surface area contributed by atoms with Crippen LogP contribution in [0.1, 0.15) is 386 Å². The number of esters is 1. The second-order valence-corrected chi connectivity index (χ2v) is 23.2. The van der Waals surface area contributed by atoms with Gasteiger partial charge in [0, 0.05) is 12.8 Å². The Bertz CT molecular complexity index is 1040. The fourth-order valence-electron chi connectivity index (χ4n) is 10.8. The third-order valence-corrected chi connectivity index (χ3v) is 15.9. The first-order valence-electron chi connectivity index (χ1n) is 33.3. The third kappa shape index (κ3) is 58.1. The average Bonchev–Trinajstić information content (AvgIpc) is 3.38. The summed E-state index contributed by atoms with van der Waals surface area (Å²) in [4.78, 5) is 24.6. The zero-order valence-electron chi connectivity index (χ0n) is 49.2. The van der Waals surface area contributed by atoms with Crippen molar-refractivity contribution in [3.63, 3.8) is 0 Å². The highest BCUT2D eigenvalue weighted by molar-refractivity contribution is 5.76. The van der Waals surface area contributed by atoms with Crippen molar-refractivity contribution in [1.82, 2.24) is 5.32 Å². The molecular formula is C66H131NO5. The molecule has 1 amide bonds. The van der Waals surface area contributed by atoms with Crippen molar-refractivity contribution in [3.8, 4) is 0 Å². The molecule has 0 aromatic carbocycles. The summed E-state index contributed by atoms with van der Waals surface area (Å²) in [5.74, 6) is -0.0129. The topological polar surface area (TPSA) is 95.9 Å². The summed E-state index contributed by atoms with van der Waals surface area (Å²) in [7, 11) is 0. The molecule has 0 aromatic heterocycles. The summed E-state index contributed by atoms with van der Waals surface area (Å²) in [5, 5.41) is 23.3. The van der Waals surface area contributed by atoms with Gasteiger partial charge in [-0.05, 0) is 25.7 Å². The summed E-state index contributed by atoms with van der Waals surface area (Å²) >= 11 is 0. The Morgan fingerprint density at radius 2 is 0.569 bits per heavy atom. The number of amides is 1. The highest BCUT2D eigenvalue weighted by Gasteiger charge is 2.20. The average molecular weight is 1020 g/mol. The third-order valence-electron chi connectivity index (χ3n) is 15.9. The lowest BCUT2D eigenvalue weighted by atomic mass is 10.0. The fraction of sp³-hybridized carbons (Fsp3) is 0.970. The van der Waals surface area contributed by atoms with Gasteiger partial charge < -0.3 is 20.3 Å². The first-order valence-corrected chi connectivity index (χ1v) is 33.3. The number of carbonyl (C=O) groups is 2. The highest BCUT2D eigenvalue weighted by Crippen LogP contribution is 2.19. The fourth-order valence-corrected chi connectivity index (χ4v) is 10.8. The number of aliphatic hydroxyl groups is 2. The molecule has 0 bridgehead atoms. The molecule has 0 fully saturated rings. The minimum absolute atomic E-state index is 0.0180. The predicted octanol–water partition coefficient (Wildman–Crippen LogP) is 21.0. The van der Waals surface area contributed by atoms with E-state index in [1.54, 1.807) is 0 Å². The van der Waals surface area contributed by atoms with Crippen LogP contribution in [-0.4, -0.2) is 47.4 Å². The van der Waals surface area contributed by atoms with Crippen LogP contribution in [0.5, 0.6) is 0 Å². The van der Waals surface area contributed by atoms with Gasteiger partial charge in [-0.1, -0.05) is 348 Å². The molecule has 0 aromatic rings. The van der Waals surface area contributed by atoms with Gasteiger partial charge >= 0.3 is 5.97 Å². The number of nitrogens with one attached hydrogen (secondary N) is 1. The molecule has 6 nitrogen and oxygen atoms in total. The molecular weight excluding hydrogens is 887 g/mol. The van der Waals surface area contributed by atoms with E-state index in [0.717, 1.165) is 38.5 Å². The highest BCUT2D eigenvalue weighted by atomic mass is 16.5. The Balaban J connectivity index is 3.35. The van der Waals surface area contributed by atoms with E-state index in [4.69, 9.17) is 4.74 Å². The van der Waals surface area contributed by atoms with Gasteiger partial charge in [-0.3, -0.25) is 9.59 Å². The number of unbranched alkanes of at least 4 members (excludes halogenated alkanes) is 52. The molecule has 6 heteroatoms. The Morgan fingerprint density at radius 1 is 0.333 bits per heavy atom. The Kier molecular flexibility index (Phi) is 61.4. The maximum absolute atomic E-state index is 12.5. The molecule has 0 saturated carbocycles. The molecule has 0 aliphatic carbocycles. The van der Waals surface area contributed by atoms with Crippen LogP contribution in [0.4, 0.5) is 0 Å². The Hall–Kier alpha value is -1.14. The largest absolute Gasteiger partial charge is 0.466 e. The van der Waals surface area contributed by atoms with Crippen LogP contribution in [0.25, 0.3) is 0 Å². The van der Waals surface area contributed by atoms with Gasteiger partial charge in [0.2, 0.25) is 5.91 Å². The van der Waals surface area contributed by atoms with Crippen LogP contribution in [0.2, 0.25) is 0 Å². The summed E-state index contributed by atoms with van der Waals surface area (Å²) in [6, 6.07) is -0.541. The summed E-state index contributed by atoms with van der Waals surface area (Å²) in [6.07, 6.45) is 74.1. The number of hydrogen-bond acceptors (Lipinski definition) is 5. The number of hydrogen-bond donors (Lipinski definition) is 3. The zero-order chi connectivity index (χ0) is 52.2. The van der Waals surface area contributed by atoms with E-state index in [1.165, 1.54) is 315 Å². The SMILES string of the molecule is CCCCCCCCCCCCCCCCCCCC(O)C(CO)NC(=O)CCCCCCCCCCCCCCCCCCCCCCCCOC(=O)CCCCCCCCCCCCCCCCCC. The van der Waals surface area contributed by atoms with E-state index < -0.39 is 12.1 Å². The van der Waals surface area contributed by atoms with Crippen molar-refractivity contribution in [2.24, 2.45) is 0 Å². The maximum Gasteiger partial charge on any atom is 0.305 e. The molecule has 2 atom stereocenters. The molecule has 2 unspecified atom stereocenters. The maximum atomic E-state index is 12.5. The summed E-state index contributed by atoms with van der Waals surface area (Å²) in [5.41, 5.74) is 0. The number of rotatable bonds is 63. The van der Waals surface area contributed by atoms with Gasteiger partial charge in [0.15, 0.2) is 0 Å². The van der Waals surface area contributed by atoms with Crippen LogP contribution in [0.15, 0.2) is 0 Å². The quantitative estimate of drug-likeness (QED) is 0.0417. The van der Waals surface area contributed by atoms with Crippen LogP contribution < -0.4 is 5.32 Å². The first-order chi connectivity index (χ1) is 35.5. The van der Waals surface area contributed by atoms with Gasteiger partial charge in [-0.25, -0.2) is 0 Å². The monoisotopic (exact) mass is 1020 g/mol. The van der Waals surface area contributed by atoms with E-state index in [-0.39, 0.29) is 18.5 Å². The van der Waals surface area contributed by atoms with E-state index in [9.17, 15) is 19.8 Å². The molecule has 430 valence electrons. The van der Waals surface area contributed by atoms with E-state index in [0.29, 0.717) is 25.9 Å². The van der Waals surface area contributed by atoms with Gasteiger partial charge in [0.25, 0.3) is 0 Å². The van der Waals surface area contributed by atoms with Crippen molar-refractivity contribution in [2.45, 2.75) is 398 Å². The molecule has 0 aliphatic heterocycles. The van der Waals surface area contributed by atoms with E-state index in [1.807, 2.05) is 0 Å². The van der Waals surface area contributed by atoms with E-state index in [2.05, 4.69) is 19.2 Å². The molecule has 0 aliphatic rings. The van der Waals surface area contributed by atoms with Gasteiger partial charge in [0.05, 0.1) is 25.4 Å². The normalized spacial score (nSPS) is 12.4. The van der Waals surface area contributed by atoms with Gasteiger partial charge in [-0.15, -0.1) is 0 Å². The molecule has 0 radical (unpaired) electrons. The molecule has 3 N–H and O–H groups in total. The van der Waals surface area contributed by atoms with Crippen molar-refractivity contribution in [2.75, 3.05) is 13.2 Å². The number of aliphatic hydroxyl groups excluding tert-OH is 2. The molecule has 72 heavy (non-hydrogen) atoms. The van der Waals surface area contributed by atoms with Crippen molar-refractivity contribution >= 4 is 11.9 Å². The van der Waals surface area contributed by atoms with Crippen LogP contribution in [0.3, 0.4) is 0 Å². The van der Waals surface area contributed by atoms with Gasteiger partial charge in [-0.2, -0.15) is 0 Å². The summed E-state index contributed by atoms with van der Waals surface area (Å²) < 4.78 is 5.50.